The van der Waals surface area contributed by atoms with Crippen LogP contribution < -0.4 is 10.5 Å². The molecule has 0 atom stereocenters. The minimum absolute atomic E-state index is 0.281. The third kappa shape index (κ3) is 3.80. The van der Waals surface area contributed by atoms with Gasteiger partial charge in [0.2, 0.25) is 10.0 Å². The van der Waals surface area contributed by atoms with E-state index in [0.717, 1.165) is 17.5 Å². The van der Waals surface area contributed by atoms with Gasteiger partial charge in [0.05, 0.1) is 4.90 Å². The Kier molecular flexibility index (Phi) is 5.31. The van der Waals surface area contributed by atoms with Crippen LogP contribution in [-0.2, 0) is 23.0 Å². The van der Waals surface area contributed by atoms with Gasteiger partial charge in [0.1, 0.15) is 0 Å². The van der Waals surface area contributed by atoms with Crippen LogP contribution in [0.25, 0.3) is 0 Å². The molecule has 0 aliphatic rings. The van der Waals surface area contributed by atoms with Gasteiger partial charge in [0, 0.05) is 13.1 Å². The van der Waals surface area contributed by atoms with Crippen LogP contribution in [0.3, 0.4) is 0 Å². The summed E-state index contributed by atoms with van der Waals surface area (Å²) in [5, 5.41) is 0. The zero-order chi connectivity index (χ0) is 13.8. The second-order valence-electron chi connectivity index (χ2n) is 4.73. The molecule has 0 amide bonds. The topological polar surface area (TPSA) is 72.2 Å². The summed E-state index contributed by atoms with van der Waals surface area (Å²) in [6, 6.07) is 5.15. The standard InChI is InChI=1S/C13H22N2O2S/c1-4-11-5-6-13(7-12(11)8-14)18(16,17)15-9-10(2)3/h5-7,10,15H,4,8-9,14H2,1-3H3. The van der Waals surface area contributed by atoms with Crippen molar-refractivity contribution in [2.45, 2.75) is 38.6 Å². The van der Waals surface area contributed by atoms with Crippen molar-refractivity contribution in [3.63, 3.8) is 0 Å². The molecule has 4 nitrogen and oxygen atoms in total. The summed E-state index contributed by atoms with van der Waals surface area (Å²) in [6.07, 6.45) is 0.853. The van der Waals surface area contributed by atoms with Crippen molar-refractivity contribution < 1.29 is 8.42 Å². The van der Waals surface area contributed by atoms with Crippen molar-refractivity contribution in [2.75, 3.05) is 6.54 Å². The lowest BCUT2D eigenvalue weighted by Crippen LogP contribution is -2.27. The van der Waals surface area contributed by atoms with Gasteiger partial charge in [0.25, 0.3) is 0 Å². The first kappa shape index (κ1) is 15.1. The van der Waals surface area contributed by atoms with Gasteiger partial charge in [-0.05, 0) is 35.6 Å². The van der Waals surface area contributed by atoms with Crippen LogP contribution in [0.1, 0.15) is 31.9 Å². The second-order valence-corrected chi connectivity index (χ2v) is 6.50. The van der Waals surface area contributed by atoms with Crippen LogP contribution in [-0.4, -0.2) is 15.0 Å². The van der Waals surface area contributed by atoms with Crippen molar-refractivity contribution in [2.24, 2.45) is 11.7 Å². The summed E-state index contributed by atoms with van der Waals surface area (Å²) in [6.45, 7) is 6.76. The molecule has 0 fully saturated rings. The average Bonchev–Trinajstić information content (AvgIpc) is 2.35. The molecule has 1 aromatic rings. The summed E-state index contributed by atoms with van der Waals surface area (Å²) in [5.74, 6) is 0.281. The Morgan fingerprint density at radius 3 is 2.44 bits per heavy atom. The Morgan fingerprint density at radius 2 is 1.94 bits per heavy atom. The van der Waals surface area contributed by atoms with E-state index in [-0.39, 0.29) is 5.92 Å². The summed E-state index contributed by atoms with van der Waals surface area (Å²) in [7, 11) is -3.42. The van der Waals surface area contributed by atoms with E-state index in [9.17, 15) is 8.42 Å². The molecule has 0 aromatic heterocycles. The third-order valence-corrected chi connectivity index (χ3v) is 4.19. The van der Waals surface area contributed by atoms with E-state index < -0.39 is 10.0 Å². The van der Waals surface area contributed by atoms with Gasteiger partial charge in [-0.2, -0.15) is 0 Å². The van der Waals surface area contributed by atoms with Crippen LogP contribution in [0, 0.1) is 5.92 Å². The lowest BCUT2D eigenvalue weighted by atomic mass is 10.1. The first-order valence-electron chi connectivity index (χ1n) is 6.22. The Balaban J connectivity index is 3.02. The number of benzene rings is 1. The maximum atomic E-state index is 12.1. The SMILES string of the molecule is CCc1ccc(S(=O)(=O)NCC(C)C)cc1CN. The van der Waals surface area contributed by atoms with Gasteiger partial charge >= 0.3 is 0 Å². The average molecular weight is 270 g/mol. The Hall–Kier alpha value is -0.910. The van der Waals surface area contributed by atoms with Crippen LogP contribution in [0.4, 0.5) is 0 Å². The lowest BCUT2D eigenvalue weighted by Gasteiger charge is -2.11. The zero-order valence-electron chi connectivity index (χ0n) is 11.2. The smallest absolute Gasteiger partial charge is 0.240 e. The third-order valence-electron chi connectivity index (χ3n) is 2.77. The van der Waals surface area contributed by atoms with Gasteiger partial charge in [-0.15, -0.1) is 0 Å². The van der Waals surface area contributed by atoms with Crippen LogP contribution >= 0.6 is 0 Å². The number of nitrogens with one attached hydrogen (secondary N) is 1. The highest BCUT2D eigenvalue weighted by molar-refractivity contribution is 7.89. The zero-order valence-corrected chi connectivity index (χ0v) is 12.0. The van der Waals surface area contributed by atoms with E-state index in [4.69, 9.17) is 5.73 Å². The minimum atomic E-state index is -3.42. The Morgan fingerprint density at radius 1 is 1.28 bits per heavy atom. The number of hydrogen-bond acceptors (Lipinski definition) is 3. The molecule has 0 bridgehead atoms. The van der Waals surface area contributed by atoms with Gasteiger partial charge in [-0.1, -0.05) is 26.8 Å². The van der Waals surface area contributed by atoms with Crippen molar-refractivity contribution in [1.82, 2.24) is 4.72 Å². The first-order valence-corrected chi connectivity index (χ1v) is 7.70. The maximum Gasteiger partial charge on any atom is 0.240 e. The van der Waals surface area contributed by atoms with Crippen LogP contribution in [0.5, 0.6) is 0 Å². The molecular weight excluding hydrogens is 248 g/mol. The number of hydrogen-bond donors (Lipinski definition) is 2. The van der Waals surface area contributed by atoms with E-state index in [0.29, 0.717) is 18.0 Å². The molecule has 3 N–H and O–H groups in total. The van der Waals surface area contributed by atoms with Crippen LogP contribution in [0.2, 0.25) is 0 Å². The number of nitrogens with two attached hydrogens (primary N) is 1. The lowest BCUT2D eigenvalue weighted by molar-refractivity contribution is 0.560. The number of sulfonamides is 1. The van der Waals surface area contributed by atoms with Crippen molar-refractivity contribution in [3.8, 4) is 0 Å². The van der Waals surface area contributed by atoms with E-state index in [2.05, 4.69) is 4.72 Å². The molecule has 0 saturated heterocycles. The van der Waals surface area contributed by atoms with Gasteiger partial charge in [-0.3, -0.25) is 0 Å². The van der Waals surface area contributed by atoms with Gasteiger partial charge < -0.3 is 5.73 Å². The summed E-state index contributed by atoms with van der Waals surface area (Å²) < 4.78 is 26.7. The van der Waals surface area contributed by atoms with Gasteiger partial charge in [0.15, 0.2) is 0 Å². The fraction of sp³-hybridized carbons (Fsp3) is 0.538. The molecule has 0 aliphatic carbocycles. The molecule has 0 radical (unpaired) electrons. The highest BCUT2D eigenvalue weighted by atomic mass is 32.2. The summed E-state index contributed by atoms with van der Waals surface area (Å²) >= 11 is 0. The van der Waals surface area contributed by atoms with Crippen molar-refractivity contribution in [3.05, 3.63) is 29.3 Å². The fourth-order valence-corrected chi connectivity index (χ4v) is 2.93. The number of rotatable bonds is 6. The molecule has 5 heteroatoms. The quantitative estimate of drug-likeness (QED) is 0.825. The number of aryl methyl sites for hydroxylation is 1. The molecule has 0 saturated carbocycles. The normalized spacial score (nSPS) is 12.1. The molecular formula is C13H22N2O2S. The minimum Gasteiger partial charge on any atom is -0.326 e. The first-order chi connectivity index (χ1) is 8.40. The molecule has 18 heavy (non-hydrogen) atoms. The highest BCUT2D eigenvalue weighted by Crippen LogP contribution is 2.16. The molecule has 1 aromatic carbocycles. The highest BCUT2D eigenvalue weighted by Gasteiger charge is 2.15. The predicted octanol–water partition coefficient (Wildman–Crippen LogP) is 1.64. The van der Waals surface area contributed by atoms with E-state index in [1.54, 1.807) is 12.1 Å². The van der Waals surface area contributed by atoms with E-state index in [1.807, 2.05) is 26.8 Å². The van der Waals surface area contributed by atoms with Crippen molar-refractivity contribution >= 4 is 10.0 Å². The predicted molar refractivity (Wildman–Crippen MR) is 73.7 cm³/mol. The van der Waals surface area contributed by atoms with Crippen molar-refractivity contribution in [1.29, 1.82) is 0 Å². The largest absolute Gasteiger partial charge is 0.326 e. The molecule has 102 valence electrons. The molecule has 0 heterocycles. The van der Waals surface area contributed by atoms with Gasteiger partial charge in [-0.25, -0.2) is 13.1 Å². The molecule has 0 aliphatic heterocycles. The summed E-state index contributed by atoms with van der Waals surface area (Å²) in [5.41, 5.74) is 7.64. The molecule has 0 unspecified atom stereocenters. The fourth-order valence-electron chi connectivity index (χ4n) is 1.66. The Bertz CT molecular complexity index is 496. The monoisotopic (exact) mass is 270 g/mol. The molecule has 0 spiro atoms. The molecule has 1 rings (SSSR count). The second kappa shape index (κ2) is 6.31. The van der Waals surface area contributed by atoms with E-state index in [1.165, 1.54) is 0 Å². The van der Waals surface area contributed by atoms with Crippen LogP contribution in [0.15, 0.2) is 23.1 Å². The maximum absolute atomic E-state index is 12.1. The Labute approximate surface area is 110 Å². The van der Waals surface area contributed by atoms with E-state index >= 15 is 0 Å². The summed E-state index contributed by atoms with van der Waals surface area (Å²) in [4.78, 5) is 0.292.